The summed E-state index contributed by atoms with van der Waals surface area (Å²) in [7, 11) is 0. The van der Waals surface area contributed by atoms with Crippen LogP contribution in [0.15, 0.2) is 0 Å². The number of hydrogen-bond donors (Lipinski definition) is 3. The van der Waals surface area contributed by atoms with Gasteiger partial charge in [0, 0.05) is 18.7 Å². The maximum absolute atomic E-state index is 9.49. The monoisotopic (exact) mass is 213 g/mol. The molecule has 1 rings (SSSR count). The summed E-state index contributed by atoms with van der Waals surface area (Å²) in [5.74, 6) is 1.09. The van der Waals surface area contributed by atoms with E-state index < -0.39 is 6.09 Å². The topological polar surface area (TPSA) is 78.0 Å². The smallest absolute Gasteiger partial charge is 0.404 e. The van der Waals surface area contributed by atoms with E-state index in [0.717, 1.165) is 17.9 Å². The fourth-order valence-electron chi connectivity index (χ4n) is 0.940. The SMILES string of the molecule is CCNC(=O)O.CCc1nc(C)c(C)[nH]1. The molecule has 0 aliphatic heterocycles. The van der Waals surface area contributed by atoms with Gasteiger partial charge in [0.25, 0.3) is 0 Å². The predicted molar refractivity (Wildman–Crippen MR) is 59.1 cm³/mol. The minimum Gasteiger partial charge on any atom is -0.465 e. The highest BCUT2D eigenvalue weighted by Gasteiger charge is 1.97. The molecule has 5 nitrogen and oxygen atoms in total. The maximum Gasteiger partial charge on any atom is 0.404 e. The molecule has 0 bridgehead atoms. The normalized spacial score (nSPS) is 9.07. The van der Waals surface area contributed by atoms with Gasteiger partial charge in [-0.1, -0.05) is 6.92 Å². The molecule has 0 aromatic carbocycles. The van der Waals surface area contributed by atoms with Crippen LogP contribution in [0.5, 0.6) is 0 Å². The molecule has 1 amide bonds. The number of carboxylic acid groups (broad SMARTS) is 1. The summed E-state index contributed by atoms with van der Waals surface area (Å²) < 4.78 is 0. The zero-order valence-corrected chi connectivity index (χ0v) is 9.72. The van der Waals surface area contributed by atoms with E-state index in [2.05, 4.69) is 22.2 Å². The molecule has 3 N–H and O–H groups in total. The van der Waals surface area contributed by atoms with Crippen molar-refractivity contribution in [3.8, 4) is 0 Å². The van der Waals surface area contributed by atoms with Crippen LogP contribution in [0.25, 0.3) is 0 Å². The summed E-state index contributed by atoms with van der Waals surface area (Å²) in [5.41, 5.74) is 2.30. The average Bonchev–Trinajstić information content (AvgIpc) is 2.47. The quantitative estimate of drug-likeness (QED) is 0.701. The van der Waals surface area contributed by atoms with Gasteiger partial charge in [0.2, 0.25) is 0 Å². The van der Waals surface area contributed by atoms with Gasteiger partial charge >= 0.3 is 6.09 Å². The molecule has 0 saturated carbocycles. The first kappa shape index (κ1) is 13.5. The Bertz CT molecular complexity index is 288. The van der Waals surface area contributed by atoms with Crippen LogP contribution in [0.3, 0.4) is 0 Å². The molecule has 0 saturated heterocycles. The Labute approximate surface area is 89.9 Å². The molecule has 1 heterocycles. The molecule has 15 heavy (non-hydrogen) atoms. The lowest BCUT2D eigenvalue weighted by Gasteiger charge is -1.87. The van der Waals surface area contributed by atoms with E-state index in [1.165, 1.54) is 5.69 Å². The first-order valence-corrected chi connectivity index (χ1v) is 5.00. The van der Waals surface area contributed by atoms with Gasteiger partial charge in [0.15, 0.2) is 0 Å². The van der Waals surface area contributed by atoms with Crippen molar-refractivity contribution >= 4 is 6.09 Å². The molecule has 86 valence electrons. The van der Waals surface area contributed by atoms with Gasteiger partial charge in [-0.15, -0.1) is 0 Å². The minimum absolute atomic E-state index is 0.481. The minimum atomic E-state index is -0.961. The molecule has 5 heteroatoms. The average molecular weight is 213 g/mol. The standard InChI is InChI=1S/C7H12N2.C3H7NO2/c1-4-7-8-5(2)6(3)9-7;1-2-4-3(5)6/h4H2,1-3H3,(H,8,9);4H,2H2,1H3,(H,5,6). The van der Waals surface area contributed by atoms with Crippen molar-refractivity contribution in [1.82, 2.24) is 15.3 Å². The summed E-state index contributed by atoms with van der Waals surface area (Å²) in [4.78, 5) is 16.9. The van der Waals surface area contributed by atoms with Crippen LogP contribution in [-0.4, -0.2) is 27.7 Å². The molecule has 0 fully saturated rings. The third kappa shape index (κ3) is 5.72. The Balaban J connectivity index is 0.000000288. The van der Waals surface area contributed by atoms with Gasteiger partial charge in [-0.05, 0) is 20.8 Å². The number of nitrogens with one attached hydrogen (secondary N) is 2. The van der Waals surface area contributed by atoms with Gasteiger partial charge in [0.1, 0.15) is 5.82 Å². The largest absolute Gasteiger partial charge is 0.465 e. The molecule has 0 aliphatic rings. The molecule has 1 aromatic rings. The first-order valence-electron chi connectivity index (χ1n) is 5.00. The van der Waals surface area contributed by atoms with Crippen molar-refractivity contribution in [2.24, 2.45) is 0 Å². The number of aromatic amines is 1. The number of nitrogens with zero attached hydrogens (tertiary/aromatic N) is 1. The highest BCUT2D eigenvalue weighted by Crippen LogP contribution is 2.01. The van der Waals surface area contributed by atoms with Gasteiger partial charge in [-0.2, -0.15) is 0 Å². The van der Waals surface area contributed by atoms with E-state index in [-0.39, 0.29) is 0 Å². The lowest BCUT2D eigenvalue weighted by atomic mass is 10.4. The molecular formula is C10H19N3O2. The Kier molecular flexibility index (Phi) is 6.17. The predicted octanol–water partition coefficient (Wildman–Crippen LogP) is 1.86. The number of aromatic nitrogens is 2. The highest BCUT2D eigenvalue weighted by molar-refractivity contribution is 5.64. The number of rotatable bonds is 2. The van der Waals surface area contributed by atoms with Crippen LogP contribution < -0.4 is 5.32 Å². The molecule has 0 unspecified atom stereocenters. The van der Waals surface area contributed by atoms with Crippen LogP contribution >= 0.6 is 0 Å². The number of hydrogen-bond acceptors (Lipinski definition) is 2. The zero-order chi connectivity index (χ0) is 11.8. The first-order chi connectivity index (χ1) is 7.01. The second kappa shape index (κ2) is 6.86. The van der Waals surface area contributed by atoms with Crippen LogP contribution in [0.4, 0.5) is 4.79 Å². The number of imidazole rings is 1. The Morgan fingerprint density at radius 2 is 2.07 bits per heavy atom. The van der Waals surface area contributed by atoms with Crippen molar-refractivity contribution in [2.45, 2.75) is 34.1 Å². The van der Waals surface area contributed by atoms with Crippen molar-refractivity contribution in [3.05, 3.63) is 17.2 Å². The van der Waals surface area contributed by atoms with Crippen molar-refractivity contribution < 1.29 is 9.90 Å². The van der Waals surface area contributed by atoms with Crippen molar-refractivity contribution in [2.75, 3.05) is 6.54 Å². The zero-order valence-electron chi connectivity index (χ0n) is 9.72. The Morgan fingerprint density at radius 1 is 1.47 bits per heavy atom. The Morgan fingerprint density at radius 3 is 2.20 bits per heavy atom. The van der Waals surface area contributed by atoms with Gasteiger partial charge < -0.3 is 15.4 Å². The maximum atomic E-state index is 9.49. The molecule has 0 radical (unpaired) electrons. The van der Waals surface area contributed by atoms with E-state index in [1.54, 1.807) is 6.92 Å². The lowest BCUT2D eigenvalue weighted by Crippen LogP contribution is -2.19. The van der Waals surface area contributed by atoms with Gasteiger partial charge in [0.05, 0.1) is 5.69 Å². The van der Waals surface area contributed by atoms with Crippen LogP contribution in [0, 0.1) is 13.8 Å². The molecule has 1 aromatic heterocycles. The highest BCUT2D eigenvalue weighted by atomic mass is 16.4. The van der Waals surface area contributed by atoms with E-state index >= 15 is 0 Å². The van der Waals surface area contributed by atoms with Gasteiger partial charge in [-0.25, -0.2) is 9.78 Å². The van der Waals surface area contributed by atoms with Crippen LogP contribution in [0.2, 0.25) is 0 Å². The fourth-order valence-corrected chi connectivity index (χ4v) is 0.940. The Hall–Kier alpha value is -1.52. The summed E-state index contributed by atoms with van der Waals surface area (Å²) in [6.07, 6.45) is 0.0341. The summed E-state index contributed by atoms with van der Waals surface area (Å²) in [6, 6.07) is 0. The van der Waals surface area contributed by atoms with E-state index in [1.807, 2.05) is 13.8 Å². The van der Waals surface area contributed by atoms with E-state index in [4.69, 9.17) is 5.11 Å². The van der Waals surface area contributed by atoms with Crippen molar-refractivity contribution in [1.29, 1.82) is 0 Å². The molecule has 0 aliphatic carbocycles. The third-order valence-electron chi connectivity index (χ3n) is 1.84. The number of aryl methyl sites for hydroxylation is 3. The van der Waals surface area contributed by atoms with Crippen molar-refractivity contribution in [3.63, 3.8) is 0 Å². The molecule has 0 atom stereocenters. The number of H-pyrrole nitrogens is 1. The fraction of sp³-hybridized carbons (Fsp3) is 0.600. The van der Waals surface area contributed by atoms with Crippen LogP contribution in [-0.2, 0) is 6.42 Å². The second-order valence-electron chi connectivity index (χ2n) is 3.08. The van der Waals surface area contributed by atoms with Gasteiger partial charge in [-0.3, -0.25) is 0 Å². The van der Waals surface area contributed by atoms with E-state index in [0.29, 0.717) is 6.54 Å². The molecule has 0 spiro atoms. The summed E-state index contributed by atoms with van der Waals surface area (Å²) in [5, 5.41) is 9.93. The number of amides is 1. The second-order valence-corrected chi connectivity index (χ2v) is 3.08. The lowest BCUT2D eigenvalue weighted by molar-refractivity contribution is 0.195. The van der Waals surface area contributed by atoms with Crippen LogP contribution in [0.1, 0.15) is 31.1 Å². The molecular weight excluding hydrogens is 194 g/mol. The van der Waals surface area contributed by atoms with E-state index in [9.17, 15) is 4.79 Å². The summed E-state index contributed by atoms with van der Waals surface area (Å²) in [6.45, 7) is 8.37. The number of carbonyl (C=O) groups is 1. The third-order valence-corrected chi connectivity index (χ3v) is 1.84. The summed E-state index contributed by atoms with van der Waals surface area (Å²) >= 11 is 0.